The zero-order valence-corrected chi connectivity index (χ0v) is 16.0. The van der Waals surface area contributed by atoms with Gasteiger partial charge in [-0.2, -0.15) is 0 Å². The molecule has 138 valence electrons. The molecule has 0 amide bonds. The molecule has 4 saturated carbocycles. The van der Waals surface area contributed by atoms with Crippen LogP contribution in [0.4, 0.5) is 0 Å². The molecule has 0 aromatic rings. The average molecular weight is 337 g/mol. The van der Waals surface area contributed by atoms with Gasteiger partial charge in [-0.05, 0) is 74.0 Å². The highest BCUT2D eigenvalue weighted by atomic mass is 16.7. The van der Waals surface area contributed by atoms with Gasteiger partial charge < -0.3 is 14.6 Å². The molecule has 0 spiro atoms. The fourth-order valence-corrected chi connectivity index (χ4v) is 8.01. The first-order valence-electron chi connectivity index (χ1n) is 10.2. The summed E-state index contributed by atoms with van der Waals surface area (Å²) in [6.07, 6.45) is 10.8. The molecule has 1 N–H and O–H groups in total. The molecule has 0 bridgehead atoms. The topological polar surface area (TPSA) is 38.7 Å². The summed E-state index contributed by atoms with van der Waals surface area (Å²) in [6, 6.07) is 0. The number of methoxy groups -OCH3 is 2. The van der Waals surface area contributed by atoms with Crippen molar-refractivity contribution in [3.05, 3.63) is 0 Å². The quantitative estimate of drug-likeness (QED) is 0.761. The second-order valence-electron chi connectivity index (χ2n) is 9.77. The number of hydrogen-bond acceptors (Lipinski definition) is 3. The predicted molar refractivity (Wildman–Crippen MR) is 94.5 cm³/mol. The van der Waals surface area contributed by atoms with Gasteiger partial charge in [-0.25, -0.2) is 0 Å². The summed E-state index contributed by atoms with van der Waals surface area (Å²) in [7, 11) is 3.58. The molecule has 3 nitrogen and oxygen atoms in total. The second-order valence-corrected chi connectivity index (χ2v) is 9.77. The van der Waals surface area contributed by atoms with E-state index in [2.05, 4.69) is 13.8 Å². The molecule has 4 aliphatic rings. The van der Waals surface area contributed by atoms with Gasteiger partial charge in [0.05, 0.1) is 6.10 Å². The van der Waals surface area contributed by atoms with Crippen LogP contribution in [0.1, 0.15) is 71.6 Å². The van der Waals surface area contributed by atoms with Crippen molar-refractivity contribution in [3.8, 4) is 0 Å². The predicted octanol–water partition coefficient (Wildman–Crippen LogP) is 4.38. The van der Waals surface area contributed by atoms with E-state index < -0.39 is 5.79 Å². The van der Waals surface area contributed by atoms with E-state index in [4.69, 9.17) is 9.47 Å². The van der Waals surface area contributed by atoms with Gasteiger partial charge >= 0.3 is 0 Å². The van der Waals surface area contributed by atoms with Gasteiger partial charge in [-0.1, -0.05) is 20.3 Å². The van der Waals surface area contributed by atoms with Crippen molar-refractivity contribution in [2.75, 3.05) is 14.2 Å². The van der Waals surface area contributed by atoms with Crippen LogP contribution < -0.4 is 0 Å². The molecule has 0 unspecified atom stereocenters. The van der Waals surface area contributed by atoms with E-state index in [9.17, 15) is 5.11 Å². The van der Waals surface area contributed by atoms with Crippen LogP contribution >= 0.6 is 0 Å². The summed E-state index contributed by atoms with van der Waals surface area (Å²) in [5.74, 6) is 2.30. The van der Waals surface area contributed by atoms with E-state index >= 15 is 0 Å². The van der Waals surface area contributed by atoms with E-state index in [-0.39, 0.29) is 11.5 Å². The number of hydrogen-bond donors (Lipinski definition) is 1. The third kappa shape index (κ3) is 2.07. The van der Waals surface area contributed by atoms with Gasteiger partial charge in [0.2, 0.25) is 0 Å². The molecule has 4 aliphatic carbocycles. The van der Waals surface area contributed by atoms with Crippen LogP contribution in [0, 0.1) is 34.5 Å². The normalized spacial score (nSPS) is 53.1. The number of rotatable bonds is 2. The van der Waals surface area contributed by atoms with Crippen LogP contribution in [0.15, 0.2) is 0 Å². The van der Waals surface area contributed by atoms with Crippen molar-refractivity contribution in [1.29, 1.82) is 0 Å². The van der Waals surface area contributed by atoms with Gasteiger partial charge in [0.25, 0.3) is 0 Å². The minimum absolute atomic E-state index is 0.0303. The van der Waals surface area contributed by atoms with Crippen molar-refractivity contribution < 1.29 is 14.6 Å². The third-order valence-corrected chi connectivity index (χ3v) is 9.23. The molecule has 7 atom stereocenters. The fraction of sp³-hybridized carbons (Fsp3) is 1.00. The van der Waals surface area contributed by atoms with Gasteiger partial charge in [0.15, 0.2) is 5.79 Å². The SMILES string of the molecule is COC1(OC)C[C@@H](O)C[C@@H]2CC[C@H]3[C@@H]4CCC[C@@]4(C)CC[C@@H]3[C@]21C. The van der Waals surface area contributed by atoms with Crippen molar-refractivity contribution in [2.45, 2.75) is 83.5 Å². The molecule has 3 heteroatoms. The Hall–Kier alpha value is -0.120. The largest absolute Gasteiger partial charge is 0.393 e. The monoisotopic (exact) mass is 336 g/mol. The number of aliphatic hydroxyl groups is 1. The molecular weight excluding hydrogens is 300 g/mol. The molecule has 0 radical (unpaired) electrons. The van der Waals surface area contributed by atoms with Crippen molar-refractivity contribution >= 4 is 0 Å². The summed E-state index contributed by atoms with van der Waals surface area (Å²) in [6.45, 7) is 4.99. The fourth-order valence-electron chi connectivity index (χ4n) is 8.01. The van der Waals surface area contributed by atoms with Crippen LogP contribution in [-0.2, 0) is 9.47 Å². The number of ether oxygens (including phenoxy) is 2. The molecule has 0 aromatic carbocycles. The van der Waals surface area contributed by atoms with Crippen molar-refractivity contribution in [3.63, 3.8) is 0 Å². The molecule has 24 heavy (non-hydrogen) atoms. The van der Waals surface area contributed by atoms with E-state index in [0.717, 1.165) is 18.3 Å². The Morgan fingerprint density at radius 3 is 2.38 bits per heavy atom. The highest BCUT2D eigenvalue weighted by molar-refractivity contribution is 5.12. The van der Waals surface area contributed by atoms with Crippen LogP contribution in [-0.4, -0.2) is 31.2 Å². The van der Waals surface area contributed by atoms with Crippen molar-refractivity contribution in [1.82, 2.24) is 0 Å². The Kier molecular flexibility index (Phi) is 4.10. The van der Waals surface area contributed by atoms with Crippen LogP contribution in [0.25, 0.3) is 0 Å². The highest BCUT2D eigenvalue weighted by Gasteiger charge is 2.66. The lowest BCUT2D eigenvalue weighted by molar-refractivity contribution is -0.345. The number of aliphatic hydroxyl groups excluding tert-OH is 1. The molecule has 4 rings (SSSR count). The highest BCUT2D eigenvalue weighted by Crippen LogP contribution is 2.68. The van der Waals surface area contributed by atoms with Crippen LogP contribution in [0.2, 0.25) is 0 Å². The minimum Gasteiger partial charge on any atom is -0.393 e. The summed E-state index contributed by atoms with van der Waals surface area (Å²) in [4.78, 5) is 0. The van der Waals surface area contributed by atoms with Gasteiger partial charge in [0.1, 0.15) is 0 Å². The first-order chi connectivity index (χ1) is 11.4. The first-order valence-corrected chi connectivity index (χ1v) is 10.2. The molecule has 4 fully saturated rings. The minimum atomic E-state index is -0.620. The summed E-state index contributed by atoms with van der Waals surface area (Å²) < 4.78 is 12.1. The van der Waals surface area contributed by atoms with E-state index in [1.165, 1.54) is 44.9 Å². The zero-order valence-electron chi connectivity index (χ0n) is 16.0. The lowest BCUT2D eigenvalue weighted by atomic mass is 9.43. The standard InChI is InChI=1S/C21H36O3/c1-19-10-5-6-17(19)16-8-7-14-12-15(22)13-21(23-3,24-4)20(14,2)18(16)9-11-19/h14-18,22H,5-13H2,1-4H3/t14-,15-,16-,17-,18-,19-,20-/m0/s1. The Morgan fingerprint density at radius 2 is 1.67 bits per heavy atom. The van der Waals surface area contributed by atoms with Crippen molar-refractivity contribution in [2.24, 2.45) is 34.5 Å². The van der Waals surface area contributed by atoms with Gasteiger partial charge in [0, 0.05) is 26.1 Å². The number of fused-ring (bicyclic) bond motifs is 5. The maximum atomic E-state index is 10.5. The van der Waals surface area contributed by atoms with E-state index in [0.29, 0.717) is 23.7 Å². The van der Waals surface area contributed by atoms with Gasteiger partial charge in [-0.3, -0.25) is 0 Å². The smallest absolute Gasteiger partial charge is 0.175 e. The Balaban J connectivity index is 1.74. The van der Waals surface area contributed by atoms with Crippen LogP contribution in [0.5, 0.6) is 0 Å². The lowest BCUT2D eigenvalue weighted by Crippen LogP contribution is -2.66. The maximum absolute atomic E-state index is 10.5. The molecule has 0 aliphatic heterocycles. The first kappa shape index (κ1) is 17.3. The van der Waals surface area contributed by atoms with Gasteiger partial charge in [-0.15, -0.1) is 0 Å². The summed E-state index contributed by atoms with van der Waals surface area (Å²) in [5, 5.41) is 10.5. The third-order valence-electron chi connectivity index (χ3n) is 9.23. The average Bonchev–Trinajstić information content (AvgIpc) is 2.96. The molecular formula is C21H36O3. The summed E-state index contributed by atoms with van der Waals surface area (Å²) >= 11 is 0. The molecule has 0 aromatic heterocycles. The second kappa shape index (κ2) is 5.69. The summed E-state index contributed by atoms with van der Waals surface area (Å²) in [5.41, 5.74) is 0.615. The Labute approximate surface area is 147 Å². The lowest BCUT2D eigenvalue weighted by Gasteiger charge is -2.65. The molecule has 0 saturated heterocycles. The maximum Gasteiger partial charge on any atom is 0.175 e. The Morgan fingerprint density at radius 1 is 0.917 bits per heavy atom. The van der Waals surface area contributed by atoms with E-state index in [1.807, 2.05) is 0 Å². The van der Waals surface area contributed by atoms with E-state index in [1.54, 1.807) is 14.2 Å². The molecule has 0 heterocycles. The Bertz CT molecular complexity index is 487. The zero-order chi connectivity index (χ0) is 17.2. The van der Waals surface area contributed by atoms with Crippen LogP contribution in [0.3, 0.4) is 0 Å².